The lowest BCUT2D eigenvalue weighted by atomic mass is 9.72. The second-order valence-corrected chi connectivity index (χ2v) is 6.81. The van der Waals surface area contributed by atoms with E-state index in [0.29, 0.717) is 0 Å². The number of hydrogen-bond acceptors (Lipinski definition) is 3. The van der Waals surface area contributed by atoms with Crippen LogP contribution in [0.5, 0.6) is 0 Å². The molecule has 1 aliphatic heterocycles. The highest BCUT2D eigenvalue weighted by molar-refractivity contribution is 9.10. The van der Waals surface area contributed by atoms with Gasteiger partial charge in [-0.1, -0.05) is 34.1 Å². The van der Waals surface area contributed by atoms with Gasteiger partial charge in [0, 0.05) is 34.8 Å². The predicted molar refractivity (Wildman–Crippen MR) is 79.2 cm³/mol. The average Bonchev–Trinajstić information content (AvgIpc) is 2.71. The van der Waals surface area contributed by atoms with E-state index in [1.165, 1.54) is 15.7 Å². The number of hydrogen-bond donors (Lipinski definition) is 1. The van der Waals surface area contributed by atoms with Gasteiger partial charge in [0.2, 0.25) is 0 Å². The van der Waals surface area contributed by atoms with Gasteiger partial charge in [-0.15, -0.1) is 11.3 Å². The lowest BCUT2D eigenvalue weighted by molar-refractivity contribution is 0.271. The lowest BCUT2D eigenvalue weighted by Crippen LogP contribution is -2.58. The third-order valence-electron chi connectivity index (χ3n) is 3.56. The van der Waals surface area contributed by atoms with E-state index in [1.54, 1.807) is 11.3 Å². The van der Waals surface area contributed by atoms with Crippen LogP contribution in [-0.2, 0) is 11.8 Å². The Kier molecular flexibility index (Phi) is 3.26. The Balaban J connectivity index is 1.93. The molecule has 0 bridgehead atoms. The van der Waals surface area contributed by atoms with Gasteiger partial charge in [0.25, 0.3) is 0 Å². The zero-order chi connectivity index (χ0) is 12.6. The van der Waals surface area contributed by atoms with Crippen molar-refractivity contribution < 1.29 is 0 Å². The Hall–Kier alpha value is -0.710. The molecule has 0 radical (unpaired) electrons. The first kappa shape index (κ1) is 12.3. The molecule has 0 unspecified atom stereocenters. The number of benzene rings is 1. The van der Waals surface area contributed by atoms with Crippen molar-refractivity contribution in [3.05, 3.63) is 50.4 Å². The maximum absolute atomic E-state index is 4.61. The molecular formula is C14H15BrN2S. The van der Waals surface area contributed by atoms with Crippen molar-refractivity contribution in [3.8, 4) is 0 Å². The van der Waals surface area contributed by atoms with Crippen molar-refractivity contribution in [1.82, 2.24) is 10.3 Å². The number of nitrogens with zero attached hydrogens (tertiary/aromatic N) is 1. The first-order valence-corrected chi connectivity index (χ1v) is 7.74. The van der Waals surface area contributed by atoms with E-state index in [-0.39, 0.29) is 5.41 Å². The standard InChI is InChI=1S/C14H15BrN2S/c1-10-17-11(7-18-10)6-14(8-16-9-14)12-4-2-3-5-13(12)15/h2-5,7,16H,6,8-9H2,1H3. The number of thiazole rings is 1. The molecule has 2 aromatic rings. The molecule has 1 N–H and O–H groups in total. The highest BCUT2D eigenvalue weighted by Gasteiger charge is 2.40. The second kappa shape index (κ2) is 4.76. The van der Waals surface area contributed by atoms with Crippen LogP contribution in [0.3, 0.4) is 0 Å². The number of nitrogens with one attached hydrogen (secondary N) is 1. The summed E-state index contributed by atoms with van der Waals surface area (Å²) in [6.07, 6.45) is 1.02. The zero-order valence-electron chi connectivity index (χ0n) is 10.2. The van der Waals surface area contributed by atoms with Crippen molar-refractivity contribution in [2.75, 3.05) is 13.1 Å². The molecule has 1 aromatic carbocycles. The maximum atomic E-state index is 4.61. The number of rotatable bonds is 3. The number of aromatic nitrogens is 1. The van der Waals surface area contributed by atoms with Crippen LogP contribution in [0.25, 0.3) is 0 Å². The van der Waals surface area contributed by atoms with Gasteiger partial charge in [-0.2, -0.15) is 0 Å². The fraction of sp³-hybridized carbons (Fsp3) is 0.357. The summed E-state index contributed by atoms with van der Waals surface area (Å²) >= 11 is 5.42. The van der Waals surface area contributed by atoms with Crippen LogP contribution in [0, 0.1) is 6.92 Å². The molecule has 1 aromatic heterocycles. The van der Waals surface area contributed by atoms with Crippen LogP contribution >= 0.6 is 27.3 Å². The second-order valence-electron chi connectivity index (χ2n) is 4.90. The van der Waals surface area contributed by atoms with Gasteiger partial charge in [0.1, 0.15) is 0 Å². The molecule has 2 nitrogen and oxygen atoms in total. The third kappa shape index (κ3) is 2.13. The van der Waals surface area contributed by atoms with Crippen LogP contribution in [-0.4, -0.2) is 18.1 Å². The first-order valence-electron chi connectivity index (χ1n) is 6.06. The summed E-state index contributed by atoms with van der Waals surface area (Å²) in [6, 6.07) is 8.54. The van der Waals surface area contributed by atoms with Gasteiger partial charge >= 0.3 is 0 Å². The molecule has 4 heteroatoms. The minimum Gasteiger partial charge on any atom is -0.315 e. The summed E-state index contributed by atoms with van der Waals surface area (Å²) < 4.78 is 1.21. The predicted octanol–water partition coefficient (Wildman–Crippen LogP) is 3.30. The Bertz CT molecular complexity index is 560. The lowest BCUT2D eigenvalue weighted by Gasteiger charge is -2.43. The zero-order valence-corrected chi connectivity index (χ0v) is 12.6. The van der Waals surface area contributed by atoms with Crippen molar-refractivity contribution in [3.63, 3.8) is 0 Å². The summed E-state index contributed by atoms with van der Waals surface area (Å²) in [5, 5.41) is 6.75. The van der Waals surface area contributed by atoms with E-state index in [0.717, 1.165) is 24.5 Å². The molecule has 0 amide bonds. The fourth-order valence-corrected chi connectivity index (χ4v) is 3.88. The third-order valence-corrected chi connectivity index (χ3v) is 5.07. The van der Waals surface area contributed by atoms with Gasteiger partial charge in [-0.25, -0.2) is 4.98 Å². The van der Waals surface area contributed by atoms with Gasteiger partial charge in [0.15, 0.2) is 0 Å². The van der Waals surface area contributed by atoms with Crippen LogP contribution in [0.4, 0.5) is 0 Å². The molecule has 0 spiro atoms. The highest BCUT2D eigenvalue weighted by atomic mass is 79.9. The minimum absolute atomic E-state index is 0.209. The van der Waals surface area contributed by atoms with Crippen molar-refractivity contribution in [2.24, 2.45) is 0 Å². The first-order chi connectivity index (χ1) is 8.70. The minimum atomic E-state index is 0.209. The van der Waals surface area contributed by atoms with Gasteiger partial charge in [-0.3, -0.25) is 0 Å². The van der Waals surface area contributed by atoms with Crippen molar-refractivity contribution >= 4 is 27.3 Å². The highest BCUT2D eigenvalue weighted by Crippen LogP contribution is 2.36. The normalized spacial score (nSPS) is 17.4. The largest absolute Gasteiger partial charge is 0.315 e. The smallest absolute Gasteiger partial charge is 0.0897 e. The Labute approximate surface area is 120 Å². The number of halogens is 1. The summed E-state index contributed by atoms with van der Waals surface area (Å²) in [5.74, 6) is 0. The maximum Gasteiger partial charge on any atom is 0.0897 e. The van der Waals surface area contributed by atoms with Gasteiger partial charge in [-0.05, 0) is 18.6 Å². The van der Waals surface area contributed by atoms with E-state index in [2.05, 4.69) is 62.8 Å². The van der Waals surface area contributed by atoms with Crippen LogP contribution in [0.1, 0.15) is 16.3 Å². The monoisotopic (exact) mass is 322 g/mol. The number of aryl methyl sites for hydroxylation is 1. The summed E-state index contributed by atoms with van der Waals surface area (Å²) in [6.45, 7) is 4.14. The fourth-order valence-electron chi connectivity index (χ4n) is 2.56. The Morgan fingerprint density at radius 3 is 2.72 bits per heavy atom. The SMILES string of the molecule is Cc1nc(CC2(c3ccccc3Br)CNC2)cs1. The Morgan fingerprint density at radius 2 is 2.17 bits per heavy atom. The van der Waals surface area contributed by atoms with E-state index in [9.17, 15) is 0 Å². The van der Waals surface area contributed by atoms with Crippen LogP contribution in [0.2, 0.25) is 0 Å². The average molecular weight is 323 g/mol. The Morgan fingerprint density at radius 1 is 1.39 bits per heavy atom. The molecule has 2 heterocycles. The van der Waals surface area contributed by atoms with Crippen LogP contribution < -0.4 is 5.32 Å². The topological polar surface area (TPSA) is 24.9 Å². The molecule has 1 aliphatic rings. The van der Waals surface area contributed by atoms with E-state index in [1.807, 2.05) is 0 Å². The quantitative estimate of drug-likeness (QED) is 0.937. The molecule has 94 valence electrons. The molecule has 0 aliphatic carbocycles. The molecule has 18 heavy (non-hydrogen) atoms. The molecule has 1 fully saturated rings. The van der Waals surface area contributed by atoms with Gasteiger partial charge < -0.3 is 5.32 Å². The summed E-state index contributed by atoms with van der Waals surface area (Å²) in [4.78, 5) is 4.61. The molecule has 0 saturated carbocycles. The molecular weight excluding hydrogens is 308 g/mol. The van der Waals surface area contributed by atoms with E-state index in [4.69, 9.17) is 0 Å². The van der Waals surface area contributed by atoms with E-state index < -0.39 is 0 Å². The van der Waals surface area contributed by atoms with E-state index >= 15 is 0 Å². The van der Waals surface area contributed by atoms with Gasteiger partial charge in [0.05, 0.1) is 10.7 Å². The molecule has 3 rings (SSSR count). The molecule has 1 saturated heterocycles. The van der Waals surface area contributed by atoms with Crippen molar-refractivity contribution in [1.29, 1.82) is 0 Å². The molecule has 0 atom stereocenters. The van der Waals surface area contributed by atoms with Crippen LogP contribution in [0.15, 0.2) is 34.1 Å². The summed E-state index contributed by atoms with van der Waals surface area (Å²) in [5.41, 5.74) is 2.82. The summed E-state index contributed by atoms with van der Waals surface area (Å²) in [7, 11) is 0. The van der Waals surface area contributed by atoms with Crippen molar-refractivity contribution in [2.45, 2.75) is 18.8 Å².